The first-order chi connectivity index (χ1) is 12.9. The normalized spacial score (nSPS) is 17.3. The number of nitrogens with zero attached hydrogens (tertiary/aromatic N) is 3. The van der Waals surface area contributed by atoms with E-state index in [0.717, 1.165) is 0 Å². The van der Waals surface area contributed by atoms with E-state index >= 15 is 0 Å². The van der Waals surface area contributed by atoms with Crippen molar-refractivity contribution in [1.29, 1.82) is 0 Å². The maximum absolute atomic E-state index is 14.0. The third kappa shape index (κ3) is 4.18. The molecule has 6 nitrogen and oxygen atoms in total. The highest BCUT2D eigenvalue weighted by molar-refractivity contribution is 5.77. The second-order valence-corrected chi connectivity index (χ2v) is 7.05. The Morgan fingerprint density at radius 3 is 2.70 bits per heavy atom. The van der Waals surface area contributed by atoms with Crippen LogP contribution in [-0.2, 0) is 11.2 Å². The molecule has 0 bridgehead atoms. The monoisotopic (exact) mass is 372 g/mol. The van der Waals surface area contributed by atoms with Crippen LogP contribution in [0.2, 0.25) is 0 Å². The third-order valence-corrected chi connectivity index (χ3v) is 5.07. The molecule has 0 spiro atoms. The van der Waals surface area contributed by atoms with Crippen LogP contribution >= 0.6 is 0 Å². The predicted octanol–water partition coefficient (Wildman–Crippen LogP) is 2.20. The highest BCUT2D eigenvalue weighted by Crippen LogP contribution is 2.22. The van der Waals surface area contributed by atoms with Crippen molar-refractivity contribution < 1.29 is 9.18 Å². The van der Waals surface area contributed by atoms with Crippen molar-refractivity contribution in [1.82, 2.24) is 14.9 Å². The quantitative estimate of drug-likeness (QED) is 0.893. The maximum Gasteiger partial charge on any atom is 0.254 e. The van der Waals surface area contributed by atoms with Crippen LogP contribution in [-0.4, -0.2) is 46.5 Å². The highest BCUT2D eigenvalue weighted by Gasteiger charge is 2.28. The Bertz CT molecular complexity index is 896. The number of para-hydroxylation sites is 1. The number of aromatic amines is 1. The van der Waals surface area contributed by atoms with E-state index in [0.29, 0.717) is 48.8 Å². The van der Waals surface area contributed by atoms with Crippen LogP contribution in [0.3, 0.4) is 0 Å². The molecule has 7 heteroatoms. The summed E-state index contributed by atoms with van der Waals surface area (Å²) < 4.78 is 14.0. The minimum atomic E-state index is -0.244. The van der Waals surface area contributed by atoms with Gasteiger partial charge in [0, 0.05) is 43.4 Å². The van der Waals surface area contributed by atoms with Gasteiger partial charge >= 0.3 is 0 Å². The van der Waals surface area contributed by atoms with E-state index in [9.17, 15) is 14.0 Å². The number of anilines is 1. The van der Waals surface area contributed by atoms with Gasteiger partial charge in [-0.1, -0.05) is 12.1 Å². The first-order valence-corrected chi connectivity index (χ1v) is 9.22. The number of hydrogen-bond acceptors (Lipinski definition) is 4. The number of carbonyl (C=O) groups is 1. The van der Waals surface area contributed by atoms with Gasteiger partial charge in [-0.25, -0.2) is 9.37 Å². The van der Waals surface area contributed by atoms with Crippen LogP contribution in [0, 0.1) is 19.7 Å². The highest BCUT2D eigenvalue weighted by atomic mass is 19.1. The molecule has 2 heterocycles. The van der Waals surface area contributed by atoms with Crippen LogP contribution in [0.25, 0.3) is 0 Å². The molecule has 1 amide bonds. The van der Waals surface area contributed by atoms with E-state index in [1.165, 1.54) is 6.07 Å². The number of rotatable bonds is 4. The molecule has 0 radical (unpaired) electrons. The zero-order valence-corrected chi connectivity index (χ0v) is 16.0. The van der Waals surface area contributed by atoms with Gasteiger partial charge in [-0.05, 0) is 39.3 Å². The van der Waals surface area contributed by atoms with Crippen LogP contribution in [0.4, 0.5) is 10.1 Å². The van der Waals surface area contributed by atoms with E-state index in [1.807, 2.05) is 22.8 Å². The number of halogens is 1. The fraction of sp³-hybridized carbons (Fsp3) is 0.450. The summed E-state index contributed by atoms with van der Waals surface area (Å²) in [7, 11) is 0. The summed E-state index contributed by atoms with van der Waals surface area (Å²) in [5.74, 6) is 0.339. The van der Waals surface area contributed by atoms with E-state index in [2.05, 4.69) is 9.97 Å². The van der Waals surface area contributed by atoms with Gasteiger partial charge in [-0.3, -0.25) is 9.59 Å². The van der Waals surface area contributed by atoms with Crippen molar-refractivity contribution in [3.05, 3.63) is 57.5 Å². The average molecular weight is 372 g/mol. The van der Waals surface area contributed by atoms with Gasteiger partial charge < -0.3 is 14.8 Å². The molecule has 1 fully saturated rings. The first-order valence-electron chi connectivity index (χ1n) is 9.22. The molecule has 27 heavy (non-hydrogen) atoms. The summed E-state index contributed by atoms with van der Waals surface area (Å²) in [6, 6.07) is 6.68. The van der Waals surface area contributed by atoms with Gasteiger partial charge in [0.25, 0.3) is 5.56 Å². The molecule has 1 saturated heterocycles. The number of piperazine rings is 1. The first kappa shape index (κ1) is 19.1. The number of amides is 1. The summed E-state index contributed by atoms with van der Waals surface area (Å²) in [5.41, 5.74) is 1.63. The molecule has 2 aromatic rings. The van der Waals surface area contributed by atoms with Gasteiger partial charge in [0.2, 0.25) is 5.91 Å². The minimum absolute atomic E-state index is 0.00931. The Morgan fingerprint density at radius 2 is 2.04 bits per heavy atom. The lowest BCUT2D eigenvalue weighted by Crippen LogP contribution is -2.54. The molecule has 1 N–H and O–H groups in total. The van der Waals surface area contributed by atoms with Crippen molar-refractivity contribution in [3.8, 4) is 0 Å². The molecule has 144 valence electrons. The molecule has 1 atom stereocenters. The Balaban J connectivity index is 1.62. The average Bonchev–Trinajstić information content (AvgIpc) is 2.61. The topological polar surface area (TPSA) is 69.3 Å². The number of carbonyl (C=O) groups excluding carboxylic acids is 1. The van der Waals surface area contributed by atoms with Gasteiger partial charge in [-0.15, -0.1) is 0 Å². The number of benzene rings is 1. The summed E-state index contributed by atoms with van der Waals surface area (Å²) >= 11 is 0. The Labute approximate surface area is 158 Å². The number of aromatic nitrogens is 2. The molecule has 0 saturated carbocycles. The fourth-order valence-corrected chi connectivity index (χ4v) is 3.68. The molecule has 1 aromatic heterocycles. The smallest absolute Gasteiger partial charge is 0.254 e. The number of hydrogen-bond donors (Lipinski definition) is 1. The molecule has 0 aliphatic carbocycles. The maximum atomic E-state index is 14.0. The molecule has 1 aromatic carbocycles. The zero-order chi connectivity index (χ0) is 19.6. The van der Waals surface area contributed by atoms with Crippen molar-refractivity contribution in [3.63, 3.8) is 0 Å². The molecular weight excluding hydrogens is 347 g/mol. The van der Waals surface area contributed by atoms with Crippen molar-refractivity contribution in [2.45, 2.75) is 39.7 Å². The lowest BCUT2D eigenvalue weighted by molar-refractivity contribution is -0.133. The second kappa shape index (κ2) is 7.90. The number of aryl methyl sites for hydroxylation is 2. The lowest BCUT2D eigenvalue weighted by atomic mass is 10.1. The van der Waals surface area contributed by atoms with Crippen LogP contribution in [0.5, 0.6) is 0 Å². The van der Waals surface area contributed by atoms with Crippen LogP contribution in [0.15, 0.2) is 29.1 Å². The molecular formula is C20H25FN4O2. The van der Waals surface area contributed by atoms with E-state index < -0.39 is 0 Å². The fourth-order valence-electron chi connectivity index (χ4n) is 3.68. The molecule has 0 unspecified atom stereocenters. The summed E-state index contributed by atoms with van der Waals surface area (Å²) in [6.07, 6.45) is 0.631. The predicted molar refractivity (Wildman–Crippen MR) is 102 cm³/mol. The lowest BCUT2D eigenvalue weighted by Gasteiger charge is -2.41. The molecule has 1 aliphatic heterocycles. The standard InChI is InChI=1S/C20H25FN4O2/c1-13-12-24(18-7-5-4-6-17(18)21)10-11-25(13)19(26)9-8-16-14(2)22-15(3)23-20(16)27/h4-7,13H,8-12H2,1-3H3,(H,22,23,27)/t13-/m1/s1. The van der Waals surface area contributed by atoms with Crippen LogP contribution in [0.1, 0.15) is 30.4 Å². The van der Waals surface area contributed by atoms with Gasteiger partial charge in [0.05, 0.1) is 5.69 Å². The van der Waals surface area contributed by atoms with E-state index in [4.69, 9.17) is 0 Å². The summed E-state index contributed by atoms with van der Waals surface area (Å²) in [5, 5.41) is 0. The van der Waals surface area contributed by atoms with Crippen molar-refractivity contribution >= 4 is 11.6 Å². The zero-order valence-electron chi connectivity index (χ0n) is 16.0. The number of nitrogens with one attached hydrogen (secondary N) is 1. The summed E-state index contributed by atoms with van der Waals surface area (Å²) in [4.78, 5) is 35.5. The van der Waals surface area contributed by atoms with Crippen molar-refractivity contribution in [2.24, 2.45) is 0 Å². The van der Waals surface area contributed by atoms with E-state index in [1.54, 1.807) is 26.0 Å². The summed E-state index contributed by atoms with van der Waals surface area (Å²) in [6.45, 7) is 7.20. The van der Waals surface area contributed by atoms with E-state index in [-0.39, 0.29) is 29.7 Å². The van der Waals surface area contributed by atoms with Gasteiger partial charge in [0.1, 0.15) is 11.6 Å². The Morgan fingerprint density at radius 1 is 1.30 bits per heavy atom. The minimum Gasteiger partial charge on any atom is -0.365 e. The van der Waals surface area contributed by atoms with Gasteiger partial charge in [-0.2, -0.15) is 0 Å². The Kier molecular flexibility index (Phi) is 5.58. The second-order valence-electron chi connectivity index (χ2n) is 7.05. The van der Waals surface area contributed by atoms with Crippen molar-refractivity contribution in [2.75, 3.05) is 24.5 Å². The third-order valence-electron chi connectivity index (χ3n) is 5.07. The van der Waals surface area contributed by atoms with Crippen LogP contribution < -0.4 is 10.5 Å². The van der Waals surface area contributed by atoms with Gasteiger partial charge in [0.15, 0.2) is 0 Å². The SMILES string of the molecule is Cc1nc(C)c(CCC(=O)N2CCN(c3ccccc3F)C[C@H]2C)c(=O)[nH]1. The molecule has 1 aliphatic rings. The molecule has 3 rings (SSSR count). The number of H-pyrrole nitrogens is 1. The largest absolute Gasteiger partial charge is 0.365 e. The Hall–Kier alpha value is -2.70.